The zero-order valence-corrected chi connectivity index (χ0v) is 14.0. The van der Waals surface area contributed by atoms with Crippen molar-refractivity contribution in [3.05, 3.63) is 34.3 Å². The van der Waals surface area contributed by atoms with Crippen LogP contribution in [0.15, 0.2) is 28.7 Å². The van der Waals surface area contributed by atoms with E-state index in [0.29, 0.717) is 11.5 Å². The van der Waals surface area contributed by atoms with Crippen molar-refractivity contribution in [2.45, 2.75) is 52.0 Å². The summed E-state index contributed by atoms with van der Waals surface area (Å²) >= 11 is 3.57. The molecule has 2 rings (SSSR count). The van der Waals surface area contributed by atoms with E-state index in [1.807, 2.05) is 0 Å². The van der Waals surface area contributed by atoms with E-state index in [1.54, 1.807) is 0 Å². The Hall–Kier alpha value is -0.340. The molecule has 0 amide bonds. The van der Waals surface area contributed by atoms with Gasteiger partial charge in [-0.1, -0.05) is 54.8 Å². The fourth-order valence-corrected chi connectivity index (χ4v) is 4.08. The molecule has 0 heterocycles. The summed E-state index contributed by atoms with van der Waals surface area (Å²) in [5, 5.41) is 3.58. The molecule has 1 fully saturated rings. The van der Waals surface area contributed by atoms with Crippen LogP contribution < -0.4 is 5.32 Å². The maximum Gasteiger partial charge on any atom is 0.0178 e. The van der Waals surface area contributed by atoms with Gasteiger partial charge in [0, 0.05) is 10.5 Å². The molecule has 2 unspecified atom stereocenters. The molecule has 0 saturated heterocycles. The summed E-state index contributed by atoms with van der Waals surface area (Å²) < 4.78 is 1.18. The fourth-order valence-electron chi connectivity index (χ4n) is 3.63. The molecule has 1 aromatic rings. The Morgan fingerprint density at radius 1 is 1.37 bits per heavy atom. The SMILES string of the molecule is CNC(Cc1cccc(Br)c1)C1CCCCC1(C)C. The van der Waals surface area contributed by atoms with Crippen LogP contribution in [-0.4, -0.2) is 13.1 Å². The van der Waals surface area contributed by atoms with Crippen LogP contribution in [0.2, 0.25) is 0 Å². The third kappa shape index (κ3) is 3.82. The van der Waals surface area contributed by atoms with E-state index >= 15 is 0 Å². The molecule has 19 heavy (non-hydrogen) atoms. The van der Waals surface area contributed by atoms with Crippen LogP contribution in [0.25, 0.3) is 0 Å². The number of likely N-dealkylation sites (N-methyl/N-ethyl adjacent to an activating group) is 1. The van der Waals surface area contributed by atoms with Crippen LogP contribution in [0.5, 0.6) is 0 Å². The molecule has 2 atom stereocenters. The van der Waals surface area contributed by atoms with E-state index in [2.05, 4.69) is 66.4 Å². The molecule has 1 aromatic carbocycles. The highest BCUT2D eigenvalue weighted by molar-refractivity contribution is 9.10. The van der Waals surface area contributed by atoms with E-state index in [9.17, 15) is 0 Å². The molecule has 0 aromatic heterocycles. The Kier molecular flexibility index (Phi) is 5.08. The van der Waals surface area contributed by atoms with Crippen molar-refractivity contribution >= 4 is 15.9 Å². The van der Waals surface area contributed by atoms with Gasteiger partial charge in [-0.05, 0) is 55.3 Å². The summed E-state index contributed by atoms with van der Waals surface area (Å²) in [6.45, 7) is 4.89. The Morgan fingerprint density at radius 3 is 2.79 bits per heavy atom. The molecule has 1 N–H and O–H groups in total. The number of hydrogen-bond acceptors (Lipinski definition) is 1. The summed E-state index contributed by atoms with van der Waals surface area (Å²) in [7, 11) is 2.12. The number of nitrogens with one attached hydrogen (secondary N) is 1. The van der Waals surface area contributed by atoms with Crippen LogP contribution in [-0.2, 0) is 6.42 Å². The standard InChI is InChI=1S/C17H26BrN/c1-17(2)10-5-4-9-15(17)16(19-3)12-13-7-6-8-14(18)11-13/h6-8,11,15-16,19H,4-5,9-10,12H2,1-3H3. The molecule has 1 aliphatic carbocycles. The second kappa shape index (κ2) is 6.41. The molecule has 1 aliphatic rings. The maximum atomic E-state index is 3.58. The zero-order valence-electron chi connectivity index (χ0n) is 12.4. The van der Waals surface area contributed by atoms with Crippen LogP contribution in [0.3, 0.4) is 0 Å². The van der Waals surface area contributed by atoms with Crippen molar-refractivity contribution in [2.24, 2.45) is 11.3 Å². The first-order chi connectivity index (χ1) is 9.03. The number of halogens is 1. The molecule has 106 valence electrons. The molecule has 2 heteroatoms. The smallest absolute Gasteiger partial charge is 0.0178 e. The lowest BCUT2D eigenvalue weighted by molar-refractivity contribution is 0.101. The second-order valence-electron chi connectivity index (χ2n) is 6.57. The van der Waals surface area contributed by atoms with E-state index in [4.69, 9.17) is 0 Å². The van der Waals surface area contributed by atoms with Gasteiger partial charge in [-0.15, -0.1) is 0 Å². The highest BCUT2D eigenvalue weighted by atomic mass is 79.9. The lowest BCUT2D eigenvalue weighted by Crippen LogP contribution is -2.44. The van der Waals surface area contributed by atoms with Crippen molar-refractivity contribution in [1.82, 2.24) is 5.32 Å². The van der Waals surface area contributed by atoms with Crippen LogP contribution >= 0.6 is 15.9 Å². The predicted octanol–water partition coefficient (Wildman–Crippen LogP) is 4.80. The largest absolute Gasteiger partial charge is 0.316 e. The van der Waals surface area contributed by atoms with Crippen LogP contribution in [0.4, 0.5) is 0 Å². The quantitative estimate of drug-likeness (QED) is 0.839. The summed E-state index contributed by atoms with van der Waals surface area (Å²) in [4.78, 5) is 0. The molecule has 1 saturated carbocycles. The highest BCUT2D eigenvalue weighted by Gasteiger charge is 2.36. The topological polar surface area (TPSA) is 12.0 Å². The first-order valence-corrected chi connectivity index (χ1v) is 8.24. The summed E-state index contributed by atoms with van der Waals surface area (Å²) in [5.74, 6) is 0.783. The van der Waals surface area contributed by atoms with Crippen molar-refractivity contribution in [3.63, 3.8) is 0 Å². The van der Waals surface area contributed by atoms with Gasteiger partial charge >= 0.3 is 0 Å². The average Bonchev–Trinajstić information content (AvgIpc) is 2.36. The molecule has 0 bridgehead atoms. The van der Waals surface area contributed by atoms with Gasteiger partial charge in [-0.2, -0.15) is 0 Å². The lowest BCUT2D eigenvalue weighted by atomic mass is 9.65. The van der Waals surface area contributed by atoms with Crippen molar-refractivity contribution in [1.29, 1.82) is 0 Å². The zero-order chi connectivity index (χ0) is 13.9. The molecular weight excluding hydrogens is 298 g/mol. The van der Waals surface area contributed by atoms with Gasteiger partial charge in [0.25, 0.3) is 0 Å². The summed E-state index contributed by atoms with van der Waals surface area (Å²) in [6.07, 6.45) is 6.66. The molecule has 1 nitrogen and oxygen atoms in total. The van der Waals surface area contributed by atoms with Gasteiger partial charge in [0.15, 0.2) is 0 Å². The number of rotatable bonds is 4. The predicted molar refractivity (Wildman–Crippen MR) is 86.4 cm³/mol. The van der Waals surface area contributed by atoms with Gasteiger partial charge in [0.2, 0.25) is 0 Å². The van der Waals surface area contributed by atoms with E-state index in [1.165, 1.54) is 35.7 Å². The fraction of sp³-hybridized carbons (Fsp3) is 0.647. The van der Waals surface area contributed by atoms with Gasteiger partial charge in [0.1, 0.15) is 0 Å². The first kappa shape index (κ1) is 15.1. The Morgan fingerprint density at radius 2 is 2.16 bits per heavy atom. The Balaban J connectivity index is 2.11. The second-order valence-corrected chi connectivity index (χ2v) is 7.49. The number of hydrogen-bond donors (Lipinski definition) is 1. The Labute approximate surface area is 126 Å². The third-order valence-corrected chi connectivity index (χ3v) is 5.28. The van der Waals surface area contributed by atoms with Gasteiger partial charge < -0.3 is 5.32 Å². The highest BCUT2D eigenvalue weighted by Crippen LogP contribution is 2.42. The molecule has 0 spiro atoms. The van der Waals surface area contributed by atoms with E-state index < -0.39 is 0 Å². The summed E-state index contributed by atoms with van der Waals surface area (Å²) in [5.41, 5.74) is 1.90. The van der Waals surface area contributed by atoms with Crippen LogP contribution in [0, 0.1) is 11.3 Å². The average molecular weight is 324 g/mol. The Bertz CT molecular complexity index is 413. The number of benzene rings is 1. The third-order valence-electron chi connectivity index (χ3n) is 4.79. The summed E-state index contributed by atoms with van der Waals surface area (Å²) in [6, 6.07) is 9.32. The minimum Gasteiger partial charge on any atom is -0.316 e. The lowest BCUT2D eigenvalue weighted by Gasteiger charge is -2.43. The minimum absolute atomic E-state index is 0.470. The van der Waals surface area contributed by atoms with E-state index in [-0.39, 0.29) is 0 Å². The monoisotopic (exact) mass is 323 g/mol. The van der Waals surface area contributed by atoms with Gasteiger partial charge in [0.05, 0.1) is 0 Å². The van der Waals surface area contributed by atoms with E-state index in [0.717, 1.165) is 12.3 Å². The minimum atomic E-state index is 0.470. The van der Waals surface area contributed by atoms with Crippen molar-refractivity contribution in [3.8, 4) is 0 Å². The molecular formula is C17H26BrN. The first-order valence-electron chi connectivity index (χ1n) is 7.44. The van der Waals surface area contributed by atoms with Crippen molar-refractivity contribution in [2.75, 3.05) is 7.05 Å². The van der Waals surface area contributed by atoms with Crippen LogP contribution in [0.1, 0.15) is 45.1 Å². The maximum absolute atomic E-state index is 3.58. The molecule has 0 radical (unpaired) electrons. The van der Waals surface area contributed by atoms with Gasteiger partial charge in [-0.3, -0.25) is 0 Å². The normalized spacial score (nSPS) is 24.1. The van der Waals surface area contributed by atoms with Crippen molar-refractivity contribution < 1.29 is 0 Å². The molecule has 0 aliphatic heterocycles. The van der Waals surface area contributed by atoms with Gasteiger partial charge in [-0.25, -0.2) is 0 Å².